The van der Waals surface area contributed by atoms with E-state index in [1.54, 1.807) is 0 Å². The number of hydrogen-bond donors (Lipinski definition) is 1. The first-order valence-electron chi connectivity index (χ1n) is 6.68. The van der Waals surface area contributed by atoms with Crippen LogP contribution in [0.1, 0.15) is 29.4 Å². The van der Waals surface area contributed by atoms with Crippen molar-refractivity contribution in [3.8, 4) is 0 Å². The van der Waals surface area contributed by atoms with Crippen LogP contribution in [0.3, 0.4) is 0 Å². The van der Waals surface area contributed by atoms with Crippen LogP contribution < -0.4 is 5.32 Å². The van der Waals surface area contributed by atoms with Gasteiger partial charge in [0.05, 0.1) is 15.9 Å². The highest BCUT2D eigenvalue weighted by Gasteiger charge is 2.27. The lowest BCUT2D eigenvalue weighted by molar-refractivity contribution is -0.119. The fraction of sp³-hybridized carbons (Fsp3) is 0.333. The van der Waals surface area contributed by atoms with Crippen LogP contribution in [-0.2, 0) is 11.2 Å². The summed E-state index contributed by atoms with van der Waals surface area (Å²) in [5.74, 6) is 0.00745. The summed E-state index contributed by atoms with van der Waals surface area (Å²) >= 11 is 3.52. The van der Waals surface area contributed by atoms with Gasteiger partial charge in [0.15, 0.2) is 0 Å². The Morgan fingerprint density at radius 2 is 2.10 bits per heavy atom. The van der Waals surface area contributed by atoms with Crippen LogP contribution in [0.4, 0.5) is 5.69 Å². The third-order valence-corrected chi connectivity index (χ3v) is 4.94. The molecule has 104 valence electrons. The molecule has 0 saturated heterocycles. The monoisotopic (exact) mass is 333 g/mol. The van der Waals surface area contributed by atoms with Crippen molar-refractivity contribution in [1.82, 2.24) is 9.78 Å². The quantitative estimate of drug-likeness (QED) is 0.869. The van der Waals surface area contributed by atoms with E-state index >= 15 is 0 Å². The second-order valence-electron chi connectivity index (χ2n) is 5.13. The summed E-state index contributed by atoms with van der Waals surface area (Å²) in [6, 6.07) is 7.71. The van der Waals surface area contributed by atoms with Gasteiger partial charge < -0.3 is 5.32 Å². The third kappa shape index (κ3) is 2.16. The molecular formula is C15H16BrN3O. The van der Waals surface area contributed by atoms with E-state index in [4.69, 9.17) is 0 Å². The Labute approximate surface area is 126 Å². The van der Waals surface area contributed by atoms with Crippen molar-refractivity contribution >= 4 is 27.5 Å². The summed E-state index contributed by atoms with van der Waals surface area (Å²) in [4.78, 5) is 12.5. The first-order chi connectivity index (χ1) is 9.58. The van der Waals surface area contributed by atoms with Gasteiger partial charge in [-0.15, -0.1) is 0 Å². The molecule has 1 amide bonds. The Balaban J connectivity index is 1.97. The van der Waals surface area contributed by atoms with Crippen molar-refractivity contribution in [2.75, 3.05) is 5.32 Å². The third-order valence-electron chi connectivity index (χ3n) is 3.80. The van der Waals surface area contributed by atoms with Gasteiger partial charge in [-0.25, -0.2) is 0 Å². The van der Waals surface area contributed by atoms with Gasteiger partial charge in [-0.2, -0.15) is 5.10 Å². The molecule has 2 heterocycles. The summed E-state index contributed by atoms with van der Waals surface area (Å²) in [6.45, 7) is 3.92. The van der Waals surface area contributed by atoms with Crippen LogP contribution in [0.15, 0.2) is 28.7 Å². The number of aromatic nitrogens is 2. The SMILES string of the molecule is Cc1nn(C2CCc3ccccc3NC2=O)c(C)c1Br. The molecule has 1 aromatic carbocycles. The number of anilines is 1. The van der Waals surface area contributed by atoms with Crippen molar-refractivity contribution in [3.05, 3.63) is 45.7 Å². The average Bonchev–Trinajstić information content (AvgIpc) is 2.62. The van der Waals surface area contributed by atoms with E-state index in [1.807, 2.05) is 36.7 Å². The largest absolute Gasteiger partial charge is 0.324 e. The van der Waals surface area contributed by atoms with E-state index in [0.717, 1.165) is 34.4 Å². The molecule has 3 rings (SSSR count). The smallest absolute Gasteiger partial charge is 0.249 e. The number of benzene rings is 1. The normalized spacial score (nSPS) is 18.4. The van der Waals surface area contributed by atoms with Gasteiger partial charge in [-0.05, 0) is 54.2 Å². The number of carbonyl (C=O) groups excluding carboxylic acids is 1. The molecule has 0 fully saturated rings. The fourth-order valence-electron chi connectivity index (χ4n) is 2.68. The summed E-state index contributed by atoms with van der Waals surface area (Å²) < 4.78 is 2.81. The molecule has 0 radical (unpaired) electrons. The summed E-state index contributed by atoms with van der Waals surface area (Å²) in [6.07, 6.45) is 1.63. The molecule has 2 aromatic rings. The summed E-state index contributed by atoms with van der Waals surface area (Å²) in [5, 5.41) is 7.51. The molecule has 0 bridgehead atoms. The number of halogens is 1. The minimum Gasteiger partial charge on any atom is -0.324 e. The summed E-state index contributed by atoms with van der Waals surface area (Å²) in [5.41, 5.74) is 4.01. The Kier molecular flexibility index (Phi) is 3.38. The van der Waals surface area contributed by atoms with Gasteiger partial charge in [0.2, 0.25) is 5.91 Å². The predicted molar refractivity (Wildman–Crippen MR) is 81.8 cm³/mol. The van der Waals surface area contributed by atoms with Gasteiger partial charge in [-0.1, -0.05) is 18.2 Å². The van der Waals surface area contributed by atoms with Crippen molar-refractivity contribution in [2.45, 2.75) is 32.7 Å². The molecule has 1 unspecified atom stereocenters. The zero-order valence-corrected chi connectivity index (χ0v) is 13.1. The maximum atomic E-state index is 12.5. The van der Waals surface area contributed by atoms with Gasteiger partial charge in [0, 0.05) is 5.69 Å². The standard InChI is InChI=1S/C15H16BrN3O/c1-9-14(16)10(2)19(18-9)13-8-7-11-5-3-4-6-12(11)17-15(13)20/h3-6,13H,7-8H2,1-2H3,(H,17,20). The number of amides is 1. The number of aryl methyl sites for hydroxylation is 2. The highest BCUT2D eigenvalue weighted by Crippen LogP contribution is 2.30. The minimum absolute atomic E-state index is 0.00745. The Morgan fingerprint density at radius 1 is 1.35 bits per heavy atom. The molecule has 0 aliphatic carbocycles. The van der Waals surface area contributed by atoms with E-state index in [1.165, 1.54) is 5.56 Å². The van der Waals surface area contributed by atoms with Crippen LogP contribution in [0.25, 0.3) is 0 Å². The first-order valence-corrected chi connectivity index (χ1v) is 7.47. The van der Waals surface area contributed by atoms with Gasteiger partial charge in [0.25, 0.3) is 0 Å². The number of rotatable bonds is 1. The molecular weight excluding hydrogens is 318 g/mol. The maximum Gasteiger partial charge on any atom is 0.249 e. The number of carbonyl (C=O) groups is 1. The Morgan fingerprint density at radius 3 is 2.80 bits per heavy atom. The van der Waals surface area contributed by atoms with E-state index in [0.29, 0.717) is 0 Å². The predicted octanol–water partition coefficient (Wildman–Crippen LogP) is 3.39. The Hall–Kier alpha value is -1.62. The van der Waals surface area contributed by atoms with Crippen molar-refractivity contribution < 1.29 is 4.79 Å². The lowest BCUT2D eigenvalue weighted by Gasteiger charge is -2.15. The lowest BCUT2D eigenvalue weighted by atomic mass is 10.1. The molecule has 20 heavy (non-hydrogen) atoms. The van der Waals surface area contributed by atoms with E-state index in [-0.39, 0.29) is 11.9 Å². The molecule has 5 heteroatoms. The zero-order valence-electron chi connectivity index (χ0n) is 11.5. The van der Waals surface area contributed by atoms with E-state index in [9.17, 15) is 4.79 Å². The molecule has 1 N–H and O–H groups in total. The maximum absolute atomic E-state index is 12.5. The van der Waals surface area contributed by atoms with Crippen LogP contribution in [-0.4, -0.2) is 15.7 Å². The van der Waals surface area contributed by atoms with Gasteiger partial charge >= 0.3 is 0 Å². The second-order valence-corrected chi connectivity index (χ2v) is 5.92. The summed E-state index contributed by atoms with van der Waals surface area (Å²) in [7, 11) is 0. The molecule has 1 aliphatic heterocycles. The van der Waals surface area contributed by atoms with Crippen LogP contribution in [0.5, 0.6) is 0 Å². The van der Waals surface area contributed by atoms with Crippen molar-refractivity contribution in [3.63, 3.8) is 0 Å². The highest BCUT2D eigenvalue weighted by molar-refractivity contribution is 9.10. The van der Waals surface area contributed by atoms with E-state index < -0.39 is 0 Å². The minimum atomic E-state index is -0.257. The van der Waals surface area contributed by atoms with Crippen molar-refractivity contribution in [1.29, 1.82) is 0 Å². The fourth-order valence-corrected chi connectivity index (χ4v) is 2.94. The van der Waals surface area contributed by atoms with Crippen LogP contribution in [0, 0.1) is 13.8 Å². The molecule has 1 atom stereocenters. The zero-order chi connectivity index (χ0) is 14.3. The molecule has 0 spiro atoms. The Bertz CT molecular complexity index is 678. The first kappa shape index (κ1) is 13.4. The number of para-hydroxylation sites is 1. The van der Waals surface area contributed by atoms with Crippen molar-refractivity contribution in [2.24, 2.45) is 0 Å². The number of hydrogen-bond acceptors (Lipinski definition) is 2. The molecule has 1 aromatic heterocycles. The topological polar surface area (TPSA) is 46.9 Å². The molecule has 4 nitrogen and oxygen atoms in total. The lowest BCUT2D eigenvalue weighted by Crippen LogP contribution is -2.26. The average molecular weight is 334 g/mol. The van der Waals surface area contributed by atoms with Gasteiger partial charge in [0.1, 0.15) is 6.04 Å². The van der Waals surface area contributed by atoms with E-state index in [2.05, 4.69) is 32.4 Å². The molecule has 1 aliphatic rings. The number of nitrogens with one attached hydrogen (secondary N) is 1. The van der Waals surface area contributed by atoms with Gasteiger partial charge in [-0.3, -0.25) is 9.48 Å². The molecule has 0 saturated carbocycles. The van der Waals surface area contributed by atoms with Crippen LogP contribution in [0.2, 0.25) is 0 Å². The highest BCUT2D eigenvalue weighted by atomic mass is 79.9. The number of fused-ring (bicyclic) bond motifs is 1. The second kappa shape index (κ2) is 5.05. The van der Waals surface area contributed by atoms with Crippen LogP contribution >= 0.6 is 15.9 Å². The number of nitrogens with zero attached hydrogens (tertiary/aromatic N) is 2.